The summed E-state index contributed by atoms with van der Waals surface area (Å²) in [6.07, 6.45) is 3.47. The second-order valence-electron chi connectivity index (χ2n) is 6.96. The van der Waals surface area contributed by atoms with Gasteiger partial charge in [-0.15, -0.1) is 11.3 Å². The lowest BCUT2D eigenvalue weighted by molar-refractivity contribution is -0.141. The molecule has 4 nitrogen and oxygen atoms in total. The van der Waals surface area contributed by atoms with Gasteiger partial charge in [-0.25, -0.2) is 0 Å². The van der Waals surface area contributed by atoms with E-state index in [0.717, 1.165) is 10.4 Å². The van der Waals surface area contributed by atoms with Crippen LogP contribution in [0.3, 0.4) is 0 Å². The third-order valence-electron chi connectivity index (χ3n) is 4.84. The molecule has 1 aromatic carbocycles. The van der Waals surface area contributed by atoms with E-state index in [9.17, 15) is 9.59 Å². The molecular weight excluding hydrogens is 344 g/mol. The zero-order valence-electron chi connectivity index (χ0n) is 15.2. The highest BCUT2D eigenvalue weighted by atomic mass is 32.1. The van der Waals surface area contributed by atoms with Crippen molar-refractivity contribution in [1.82, 2.24) is 9.80 Å². The maximum absolute atomic E-state index is 13.0. The number of carbonyl (C=O) groups is 2. The summed E-state index contributed by atoms with van der Waals surface area (Å²) in [6, 6.07) is 13.8. The first-order valence-electron chi connectivity index (χ1n) is 8.84. The largest absolute Gasteiger partial charge is 0.338 e. The summed E-state index contributed by atoms with van der Waals surface area (Å²) in [5.41, 5.74) is 0.453. The van der Waals surface area contributed by atoms with Crippen LogP contribution in [0.4, 0.5) is 0 Å². The minimum Gasteiger partial charge on any atom is -0.338 e. The summed E-state index contributed by atoms with van der Waals surface area (Å²) < 4.78 is 0. The molecule has 1 saturated heterocycles. The van der Waals surface area contributed by atoms with Crippen LogP contribution in [0.1, 0.15) is 24.3 Å². The van der Waals surface area contributed by atoms with Crippen LogP contribution in [0.5, 0.6) is 0 Å². The first-order valence-corrected chi connectivity index (χ1v) is 9.72. The normalized spacial score (nSPS) is 15.5. The molecule has 0 unspecified atom stereocenters. The van der Waals surface area contributed by atoms with E-state index in [1.165, 1.54) is 0 Å². The van der Waals surface area contributed by atoms with Crippen molar-refractivity contribution in [2.75, 3.05) is 26.2 Å². The molecule has 2 heterocycles. The second kappa shape index (κ2) is 7.87. The van der Waals surface area contributed by atoms with Gasteiger partial charge in [0.1, 0.15) is 0 Å². The van der Waals surface area contributed by atoms with E-state index >= 15 is 0 Å². The van der Waals surface area contributed by atoms with E-state index < -0.39 is 5.41 Å². The van der Waals surface area contributed by atoms with Gasteiger partial charge in [0.25, 0.3) is 0 Å². The van der Waals surface area contributed by atoms with Crippen LogP contribution in [0.25, 0.3) is 6.08 Å². The Morgan fingerprint density at radius 3 is 2.23 bits per heavy atom. The lowest BCUT2D eigenvalue weighted by atomic mass is 9.83. The minimum absolute atomic E-state index is 0.00724. The van der Waals surface area contributed by atoms with Crippen molar-refractivity contribution >= 4 is 29.2 Å². The number of nitrogens with zero attached hydrogens (tertiary/aromatic N) is 2. The highest BCUT2D eigenvalue weighted by molar-refractivity contribution is 7.10. The summed E-state index contributed by atoms with van der Waals surface area (Å²) in [5.74, 6) is 0.123. The predicted molar refractivity (Wildman–Crippen MR) is 106 cm³/mol. The SMILES string of the molecule is CC(C)(C(=O)N1CCN(C(=O)C=Cc2cccs2)CC1)c1ccccc1. The molecule has 3 rings (SSSR count). The maximum atomic E-state index is 13.0. The summed E-state index contributed by atoms with van der Waals surface area (Å²) in [4.78, 5) is 30.1. The molecule has 1 fully saturated rings. The van der Waals surface area contributed by atoms with Gasteiger partial charge in [-0.1, -0.05) is 36.4 Å². The molecule has 136 valence electrons. The minimum atomic E-state index is -0.563. The Bertz CT molecular complexity index is 774. The van der Waals surface area contributed by atoms with Crippen LogP contribution in [0.15, 0.2) is 53.9 Å². The number of amides is 2. The first-order chi connectivity index (χ1) is 12.5. The summed E-state index contributed by atoms with van der Waals surface area (Å²) in [5, 5.41) is 1.99. The molecule has 0 atom stereocenters. The van der Waals surface area contributed by atoms with Crippen molar-refractivity contribution in [2.24, 2.45) is 0 Å². The van der Waals surface area contributed by atoms with Crippen LogP contribution in [0, 0.1) is 0 Å². The second-order valence-corrected chi connectivity index (χ2v) is 7.94. The van der Waals surface area contributed by atoms with Gasteiger partial charge in [-0.2, -0.15) is 0 Å². The van der Waals surface area contributed by atoms with Crippen molar-refractivity contribution in [3.05, 3.63) is 64.4 Å². The van der Waals surface area contributed by atoms with Crippen LogP contribution in [-0.4, -0.2) is 47.8 Å². The molecule has 1 aliphatic rings. The third kappa shape index (κ3) is 4.05. The van der Waals surface area contributed by atoms with Crippen LogP contribution in [-0.2, 0) is 15.0 Å². The van der Waals surface area contributed by atoms with E-state index in [0.29, 0.717) is 26.2 Å². The lowest BCUT2D eigenvalue weighted by Gasteiger charge is -2.38. The number of rotatable bonds is 4. The molecule has 2 amide bonds. The van der Waals surface area contributed by atoms with Gasteiger partial charge in [-0.05, 0) is 36.9 Å². The molecule has 0 aliphatic carbocycles. The molecular formula is C21H24N2O2S. The molecule has 5 heteroatoms. The fraction of sp³-hybridized carbons (Fsp3) is 0.333. The molecule has 1 aromatic heterocycles. The van der Waals surface area contributed by atoms with Crippen LogP contribution >= 0.6 is 11.3 Å². The Morgan fingerprint density at radius 1 is 0.962 bits per heavy atom. The molecule has 0 bridgehead atoms. The van der Waals surface area contributed by atoms with Crippen LogP contribution < -0.4 is 0 Å². The van der Waals surface area contributed by atoms with Crippen molar-refractivity contribution < 1.29 is 9.59 Å². The number of thiophene rings is 1. The zero-order chi connectivity index (χ0) is 18.6. The monoisotopic (exact) mass is 368 g/mol. The molecule has 1 aliphatic heterocycles. The molecule has 0 N–H and O–H groups in total. The van der Waals surface area contributed by atoms with E-state index in [4.69, 9.17) is 0 Å². The number of piperazine rings is 1. The van der Waals surface area contributed by atoms with Gasteiger partial charge in [-0.3, -0.25) is 9.59 Å². The zero-order valence-corrected chi connectivity index (χ0v) is 16.0. The number of hydrogen-bond donors (Lipinski definition) is 0. The van der Waals surface area contributed by atoms with Crippen LogP contribution in [0.2, 0.25) is 0 Å². The fourth-order valence-electron chi connectivity index (χ4n) is 3.15. The number of carbonyl (C=O) groups excluding carboxylic acids is 2. The summed E-state index contributed by atoms with van der Waals surface area (Å²) in [6.45, 7) is 6.23. The lowest BCUT2D eigenvalue weighted by Crippen LogP contribution is -2.54. The standard InChI is InChI=1S/C21H24N2O2S/c1-21(2,17-7-4-3-5-8-17)20(25)23-14-12-22(13-15-23)19(24)11-10-18-9-6-16-26-18/h3-11,16H,12-15H2,1-2H3. The third-order valence-corrected chi connectivity index (χ3v) is 5.68. The van der Waals surface area contributed by atoms with Crippen molar-refractivity contribution in [2.45, 2.75) is 19.3 Å². The highest BCUT2D eigenvalue weighted by Gasteiger charge is 2.35. The van der Waals surface area contributed by atoms with E-state index in [2.05, 4.69) is 0 Å². The number of benzene rings is 1. The van der Waals surface area contributed by atoms with E-state index in [1.54, 1.807) is 17.4 Å². The Morgan fingerprint density at radius 2 is 1.62 bits per heavy atom. The maximum Gasteiger partial charge on any atom is 0.246 e. The van der Waals surface area contributed by atoms with Gasteiger partial charge in [0.15, 0.2) is 0 Å². The van der Waals surface area contributed by atoms with Gasteiger partial charge < -0.3 is 9.80 Å². The fourth-order valence-corrected chi connectivity index (χ4v) is 3.77. The average Bonchev–Trinajstić information content (AvgIpc) is 3.20. The van der Waals surface area contributed by atoms with Crippen molar-refractivity contribution in [1.29, 1.82) is 0 Å². The first kappa shape index (κ1) is 18.4. The Hall–Kier alpha value is -2.40. The van der Waals surface area contributed by atoms with Gasteiger partial charge in [0.2, 0.25) is 11.8 Å². The summed E-state index contributed by atoms with van der Waals surface area (Å²) >= 11 is 1.61. The average molecular weight is 369 g/mol. The van der Waals surface area contributed by atoms with E-state index in [-0.39, 0.29) is 11.8 Å². The van der Waals surface area contributed by atoms with Gasteiger partial charge in [0.05, 0.1) is 5.41 Å². The predicted octanol–water partition coefficient (Wildman–Crippen LogP) is 3.41. The Labute approximate surface area is 158 Å². The highest BCUT2D eigenvalue weighted by Crippen LogP contribution is 2.26. The van der Waals surface area contributed by atoms with E-state index in [1.807, 2.05) is 77.6 Å². The molecule has 0 saturated carbocycles. The Balaban J connectivity index is 1.58. The molecule has 0 spiro atoms. The summed E-state index contributed by atoms with van der Waals surface area (Å²) in [7, 11) is 0. The molecule has 0 radical (unpaired) electrons. The smallest absolute Gasteiger partial charge is 0.246 e. The van der Waals surface area contributed by atoms with Crippen molar-refractivity contribution in [3.63, 3.8) is 0 Å². The quantitative estimate of drug-likeness (QED) is 0.776. The molecule has 26 heavy (non-hydrogen) atoms. The molecule has 2 aromatic rings. The van der Waals surface area contributed by atoms with Gasteiger partial charge in [0, 0.05) is 37.1 Å². The topological polar surface area (TPSA) is 40.6 Å². The van der Waals surface area contributed by atoms with Crippen molar-refractivity contribution in [3.8, 4) is 0 Å². The Kier molecular flexibility index (Phi) is 5.57. The number of hydrogen-bond acceptors (Lipinski definition) is 3. The van der Waals surface area contributed by atoms with Gasteiger partial charge >= 0.3 is 0 Å².